The Bertz CT molecular complexity index is 1300. The SMILES string of the molecule is Cc1ccc(C(=O)N2CCN(c3ccccc3)[C@H](CO)C2)cc1NC1CCN(c2ccccc2C#N)CC1. The molecule has 5 rings (SSSR count). The van der Waals surface area contributed by atoms with E-state index in [-0.39, 0.29) is 18.6 Å². The summed E-state index contributed by atoms with van der Waals surface area (Å²) in [5, 5.41) is 23.2. The number of para-hydroxylation sites is 2. The van der Waals surface area contributed by atoms with Gasteiger partial charge in [0.25, 0.3) is 5.91 Å². The average Bonchev–Trinajstić information content (AvgIpc) is 2.98. The first-order valence-electron chi connectivity index (χ1n) is 13.4. The fourth-order valence-electron chi connectivity index (χ4n) is 5.58. The lowest BCUT2D eigenvalue weighted by molar-refractivity contribution is 0.0699. The summed E-state index contributed by atoms with van der Waals surface area (Å²) in [6, 6.07) is 26.2. The molecule has 0 saturated carbocycles. The number of amides is 1. The second kappa shape index (κ2) is 11.6. The number of nitrogens with one attached hydrogen (secondary N) is 1. The first-order valence-corrected chi connectivity index (χ1v) is 13.4. The Hall–Kier alpha value is -4.02. The zero-order chi connectivity index (χ0) is 26.5. The molecule has 2 saturated heterocycles. The molecule has 2 heterocycles. The van der Waals surface area contributed by atoms with Crippen molar-refractivity contribution < 1.29 is 9.90 Å². The van der Waals surface area contributed by atoms with E-state index in [0.29, 0.717) is 36.8 Å². The molecule has 0 bridgehead atoms. The van der Waals surface area contributed by atoms with E-state index in [1.54, 1.807) is 0 Å². The highest BCUT2D eigenvalue weighted by Crippen LogP contribution is 2.27. The number of carbonyl (C=O) groups excluding carboxylic acids is 1. The molecule has 2 fully saturated rings. The Morgan fingerprint density at radius 1 is 1.00 bits per heavy atom. The monoisotopic (exact) mass is 509 g/mol. The summed E-state index contributed by atoms with van der Waals surface area (Å²) in [5.74, 6) is 0.00198. The van der Waals surface area contributed by atoms with Crippen molar-refractivity contribution in [3.8, 4) is 6.07 Å². The lowest BCUT2D eigenvalue weighted by Crippen LogP contribution is -2.56. The van der Waals surface area contributed by atoms with Crippen molar-refractivity contribution in [1.82, 2.24) is 4.90 Å². The highest BCUT2D eigenvalue weighted by Gasteiger charge is 2.30. The van der Waals surface area contributed by atoms with E-state index in [1.807, 2.05) is 77.7 Å². The number of benzene rings is 3. The third kappa shape index (κ3) is 5.46. The van der Waals surface area contributed by atoms with Crippen molar-refractivity contribution in [3.63, 3.8) is 0 Å². The third-order valence-corrected chi connectivity index (χ3v) is 7.77. The van der Waals surface area contributed by atoms with Crippen LogP contribution in [0.5, 0.6) is 0 Å². The van der Waals surface area contributed by atoms with Gasteiger partial charge in [-0.25, -0.2) is 0 Å². The predicted molar refractivity (Wildman–Crippen MR) is 152 cm³/mol. The smallest absolute Gasteiger partial charge is 0.254 e. The number of piperidine rings is 1. The summed E-state index contributed by atoms with van der Waals surface area (Å²) in [7, 11) is 0. The normalized spacial score (nSPS) is 18.2. The topological polar surface area (TPSA) is 82.8 Å². The van der Waals surface area contributed by atoms with E-state index in [9.17, 15) is 15.2 Å². The van der Waals surface area contributed by atoms with Gasteiger partial charge in [-0.15, -0.1) is 0 Å². The van der Waals surface area contributed by atoms with E-state index in [2.05, 4.69) is 28.1 Å². The van der Waals surface area contributed by atoms with Crippen LogP contribution >= 0.6 is 0 Å². The zero-order valence-corrected chi connectivity index (χ0v) is 21.9. The Morgan fingerprint density at radius 3 is 2.47 bits per heavy atom. The number of piperazine rings is 1. The van der Waals surface area contributed by atoms with Crippen molar-refractivity contribution >= 4 is 23.0 Å². The van der Waals surface area contributed by atoms with Gasteiger partial charge in [-0.1, -0.05) is 36.4 Å². The number of aryl methyl sites for hydroxylation is 1. The molecular weight excluding hydrogens is 474 g/mol. The van der Waals surface area contributed by atoms with Crippen LogP contribution in [0.4, 0.5) is 17.1 Å². The molecule has 7 heteroatoms. The van der Waals surface area contributed by atoms with Crippen LogP contribution in [0.15, 0.2) is 72.8 Å². The minimum Gasteiger partial charge on any atom is -0.394 e. The summed E-state index contributed by atoms with van der Waals surface area (Å²) in [6.45, 7) is 5.61. The molecule has 196 valence electrons. The van der Waals surface area contributed by atoms with E-state index in [4.69, 9.17) is 0 Å². The number of aliphatic hydroxyl groups is 1. The van der Waals surface area contributed by atoms with Crippen LogP contribution in [-0.4, -0.2) is 67.3 Å². The molecule has 1 amide bonds. The van der Waals surface area contributed by atoms with Gasteiger partial charge in [0, 0.05) is 55.7 Å². The van der Waals surface area contributed by atoms with Crippen LogP contribution < -0.4 is 15.1 Å². The van der Waals surface area contributed by atoms with E-state index < -0.39 is 0 Å². The van der Waals surface area contributed by atoms with E-state index in [0.717, 1.165) is 48.6 Å². The van der Waals surface area contributed by atoms with E-state index >= 15 is 0 Å². The summed E-state index contributed by atoms with van der Waals surface area (Å²) < 4.78 is 0. The van der Waals surface area contributed by atoms with Crippen molar-refractivity contribution in [1.29, 1.82) is 5.26 Å². The fourth-order valence-corrected chi connectivity index (χ4v) is 5.58. The van der Waals surface area contributed by atoms with Gasteiger partial charge in [-0.05, 0) is 61.7 Å². The van der Waals surface area contributed by atoms with Gasteiger partial charge >= 0.3 is 0 Å². The Kier molecular flexibility index (Phi) is 7.81. The molecule has 38 heavy (non-hydrogen) atoms. The largest absolute Gasteiger partial charge is 0.394 e. The predicted octanol–water partition coefficient (Wildman–Crippen LogP) is 4.27. The lowest BCUT2D eigenvalue weighted by Gasteiger charge is -2.42. The quantitative estimate of drug-likeness (QED) is 0.517. The maximum atomic E-state index is 13.5. The second-order valence-electron chi connectivity index (χ2n) is 10.2. The molecule has 2 aliphatic rings. The molecular formula is C31H35N5O2. The molecule has 0 unspecified atom stereocenters. The standard InChI is InChI=1S/C31H35N5O2/c1-23-11-12-24(31(38)35-17-18-36(28(21-35)22-37)27-8-3-2-4-9-27)19-29(23)33-26-13-15-34(16-14-26)30-10-6-5-7-25(30)20-32/h2-12,19,26,28,33,37H,13-18,21-22H2,1H3/t28-/m0/s1. The molecule has 2 aliphatic heterocycles. The van der Waals surface area contributed by atoms with Crippen molar-refractivity contribution in [2.45, 2.75) is 31.8 Å². The average molecular weight is 510 g/mol. The maximum absolute atomic E-state index is 13.5. The number of hydrogen-bond donors (Lipinski definition) is 2. The van der Waals surface area contributed by atoms with Crippen molar-refractivity contribution in [2.75, 3.05) is 54.4 Å². The van der Waals surface area contributed by atoms with Gasteiger partial charge in [0.1, 0.15) is 6.07 Å². The molecule has 0 aromatic heterocycles. The molecule has 3 aromatic carbocycles. The van der Waals surface area contributed by atoms with Gasteiger partial charge < -0.3 is 25.1 Å². The Labute approximate surface area is 224 Å². The lowest BCUT2D eigenvalue weighted by atomic mass is 10.0. The van der Waals surface area contributed by atoms with Gasteiger partial charge in [0.2, 0.25) is 0 Å². The number of nitrogens with zero attached hydrogens (tertiary/aromatic N) is 4. The molecule has 7 nitrogen and oxygen atoms in total. The number of rotatable bonds is 6. The Morgan fingerprint density at radius 2 is 1.74 bits per heavy atom. The highest BCUT2D eigenvalue weighted by molar-refractivity contribution is 5.95. The van der Waals surface area contributed by atoms with Gasteiger partial charge in [0.15, 0.2) is 0 Å². The molecule has 2 N–H and O–H groups in total. The minimum atomic E-state index is -0.130. The van der Waals surface area contributed by atoms with Crippen LogP contribution in [0.25, 0.3) is 0 Å². The summed E-state index contributed by atoms with van der Waals surface area (Å²) in [4.78, 5) is 19.8. The molecule has 3 aromatic rings. The molecule has 0 spiro atoms. The molecule has 0 radical (unpaired) electrons. The first-order chi connectivity index (χ1) is 18.6. The molecule has 1 atom stereocenters. The number of hydrogen-bond acceptors (Lipinski definition) is 6. The third-order valence-electron chi connectivity index (χ3n) is 7.77. The number of anilines is 3. The summed E-state index contributed by atoms with van der Waals surface area (Å²) >= 11 is 0. The summed E-state index contributed by atoms with van der Waals surface area (Å²) in [5.41, 5.74) is 5.57. The van der Waals surface area contributed by atoms with Crippen LogP contribution in [0.2, 0.25) is 0 Å². The number of aliphatic hydroxyl groups excluding tert-OH is 1. The first kappa shape index (κ1) is 25.6. The van der Waals surface area contributed by atoms with Gasteiger partial charge in [-0.2, -0.15) is 5.26 Å². The Balaban J connectivity index is 1.22. The zero-order valence-electron chi connectivity index (χ0n) is 21.9. The fraction of sp³-hybridized carbons (Fsp3) is 0.355. The van der Waals surface area contributed by atoms with Crippen LogP contribution in [0.3, 0.4) is 0 Å². The number of nitriles is 1. The van der Waals surface area contributed by atoms with Crippen LogP contribution in [-0.2, 0) is 0 Å². The van der Waals surface area contributed by atoms with E-state index in [1.165, 1.54) is 0 Å². The van der Waals surface area contributed by atoms with Crippen LogP contribution in [0, 0.1) is 18.3 Å². The maximum Gasteiger partial charge on any atom is 0.254 e. The van der Waals surface area contributed by atoms with Gasteiger partial charge in [0.05, 0.1) is 23.9 Å². The van der Waals surface area contributed by atoms with Crippen molar-refractivity contribution in [2.24, 2.45) is 0 Å². The van der Waals surface area contributed by atoms with Crippen molar-refractivity contribution in [3.05, 3.63) is 89.5 Å². The highest BCUT2D eigenvalue weighted by atomic mass is 16.3. The second-order valence-corrected chi connectivity index (χ2v) is 10.2. The minimum absolute atomic E-state index is 0.00198. The number of carbonyl (C=O) groups is 1. The van der Waals surface area contributed by atoms with Gasteiger partial charge in [-0.3, -0.25) is 4.79 Å². The van der Waals surface area contributed by atoms with Crippen LogP contribution in [0.1, 0.15) is 34.3 Å². The summed E-state index contributed by atoms with van der Waals surface area (Å²) in [6.07, 6.45) is 1.91. The molecule has 0 aliphatic carbocycles.